The van der Waals surface area contributed by atoms with E-state index < -0.39 is 0 Å². The second-order valence-electron chi connectivity index (χ2n) is 5.89. The van der Waals surface area contributed by atoms with E-state index in [-0.39, 0.29) is 28.9 Å². The number of anilines is 1. The molecule has 0 fully saturated rings. The highest BCUT2D eigenvalue weighted by atomic mass is 32.2. The summed E-state index contributed by atoms with van der Waals surface area (Å²) in [6.45, 7) is 8.07. The van der Waals surface area contributed by atoms with Crippen molar-refractivity contribution in [3.8, 4) is 0 Å². The molecule has 1 aromatic heterocycles. The van der Waals surface area contributed by atoms with Crippen molar-refractivity contribution >= 4 is 29.4 Å². The Labute approximate surface area is 141 Å². The van der Waals surface area contributed by atoms with Crippen LogP contribution >= 0.6 is 11.8 Å². The van der Waals surface area contributed by atoms with Gasteiger partial charge in [-0.05, 0) is 26.2 Å². The lowest BCUT2D eigenvalue weighted by molar-refractivity contribution is -0.119. The van der Waals surface area contributed by atoms with Crippen molar-refractivity contribution in [2.75, 3.05) is 17.6 Å². The van der Waals surface area contributed by atoms with Crippen LogP contribution in [-0.4, -0.2) is 40.6 Å². The number of carbonyl (C=O) groups is 2. The average Bonchev–Trinajstić information content (AvgIpc) is 2.88. The Kier molecular flexibility index (Phi) is 8.11. The minimum absolute atomic E-state index is 0.0228. The highest BCUT2D eigenvalue weighted by Crippen LogP contribution is 2.14. The summed E-state index contributed by atoms with van der Waals surface area (Å²) in [6, 6.07) is 1.62. The topological polar surface area (TPSA) is 110 Å². The molecule has 0 aliphatic rings. The van der Waals surface area contributed by atoms with Crippen LogP contribution in [0.1, 0.15) is 33.0 Å². The number of aryl methyl sites for hydroxylation is 1. The van der Waals surface area contributed by atoms with Crippen LogP contribution in [0, 0.1) is 12.8 Å². The first-order valence-corrected chi connectivity index (χ1v) is 8.71. The van der Waals surface area contributed by atoms with Crippen molar-refractivity contribution in [3.63, 3.8) is 0 Å². The molecule has 0 saturated heterocycles. The zero-order valence-electron chi connectivity index (χ0n) is 14.1. The minimum Gasteiger partial charge on any atom is -0.360 e. The first-order valence-electron chi connectivity index (χ1n) is 7.67. The van der Waals surface area contributed by atoms with Crippen LogP contribution < -0.4 is 16.4 Å². The number of nitrogens with one attached hydrogen (secondary N) is 2. The lowest BCUT2D eigenvalue weighted by Gasteiger charge is -2.19. The highest BCUT2D eigenvalue weighted by Gasteiger charge is 2.18. The number of rotatable bonds is 9. The molecule has 2 atom stereocenters. The molecule has 0 bridgehead atoms. The second kappa shape index (κ2) is 9.57. The molecule has 1 heterocycles. The van der Waals surface area contributed by atoms with E-state index in [2.05, 4.69) is 29.6 Å². The van der Waals surface area contributed by atoms with Gasteiger partial charge < -0.3 is 20.9 Å². The molecule has 0 aromatic carbocycles. The number of nitrogens with zero attached hydrogens (tertiary/aromatic N) is 1. The van der Waals surface area contributed by atoms with E-state index in [1.54, 1.807) is 19.9 Å². The maximum atomic E-state index is 12.0. The van der Waals surface area contributed by atoms with Gasteiger partial charge in [0.25, 0.3) is 0 Å². The Balaban J connectivity index is 2.35. The number of aromatic nitrogens is 1. The van der Waals surface area contributed by atoms with E-state index in [0.717, 1.165) is 6.42 Å². The zero-order valence-corrected chi connectivity index (χ0v) is 14.9. The summed E-state index contributed by atoms with van der Waals surface area (Å²) in [4.78, 5) is 23.9. The number of hydrogen-bond donors (Lipinski definition) is 3. The smallest absolute Gasteiger partial charge is 0.238 e. The number of nitrogens with two attached hydrogens (primary N) is 1. The van der Waals surface area contributed by atoms with Crippen LogP contribution in [0.4, 0.5) is 5.82 Å². The van der Waals surface area contributed by atoms with Gasteiger partial charge in [0, 0.05) is 18.7 Å². The van der Waals surface area contributed by atoms with Crippen molar-refractivity contribution < 1.29 is 14.1 Å². The van der Waals surface area contributed by atoms with Crippen LogP contribution in [0.25, 0.3) is 0 Å². The predicted octanol–water partition coefficient (Wildman–Crippen LogP) is 1.53. The standard InChI is InChI=1S/C15H26N4O3S/c1-9(2)5-12(7-16)17-14(20)8-23-11(4)15(21)18-13-6-10(3)22-19-13/h6,9,11-12H,5,7-8,16H2,1-4H3,(H,17,20)(H,18,19,21). The summed E-state index contributed by atoms with van der Waals surface area (Å²) in [5.74, 6) is 1.35. The normalized spacial score (nSPS) is 13.7. The summed E-state index contributed by atoms with van der Waals surface area (Å²) in [5, 5.41) is 8.88. The first kappa shape index (κ1) is 19.5. The van der Waals surface area contributed by atoms with Crippen LogP contribution in [0.3, 0.4) is 0 Å². The van der Waals surface area contributed by atoms with Crippen LogP contribution in [0.5, 0.6) is 0 Å². The molecule has 2 unspecified atom stereocenters. The van der Waals surface area contributed by atoms with Crippen LogP contribution in [0.2, 0.25) is 0 Å². The molecular formula is C15H26N4O3S. The fourth-order valence-electron chi connectivity index (χ4n) is 1.98. The Morgan fingerprint density at radius 2 is 2.09 bits per heavy atom. The van der Waals surface area contributed by atoms with Gasteiger partial charge in [-0.1, -0.05) is 19.0 Å². The monoisotopic (exact) mass is 342 g/mol. The van der Waals surface area contributed by atoms with E-state index in [4.69, 9.17) is 10.3 Å². The van der Waals surface area contributed by atoms with E-state index in [1.165, 1.54) is 11.8 Å². The highest BCUT2D eigenvalue weighted by molar-refractivity contribution is 8.01. The van der Waals surface area contributed by atoms with Gasteiger partial charge in [0.1, 0.15) is 5.76 Å². The molecule has 8 heteroatoms. The van der Waals surface area contributed by atoms with Gasteiger partial charge in [0.15, 0.2) is 5.82 Å². The summed E-state index contributed by atoms with van der Waals surface area (Å²) < 4.78 is 4.88. The quantitative estimate of drug-likeness (QED) is 0.628. The number of hydrogen-bond acceptors (Lipinski definition) is 6. The Morgan fingerprint density at radius 1 is 1.39 bits per heavy atom. The average molecular weight is 342 g/mol. The molecule has 2 amide bonds. The molecule has 0 saturated carbocycles. The van der Waals surface area contributed by atoms with E-state index in [1.807, 2.05) is 0 Å². The third-order valence-corrected chi connectivity index (χ3v) is 4.26. The van der Waals surface area contributed by atoms with Crippen LogP contribution in [0.15, 0.2) is 10.6 Å². The van der Waals surface area contributed by atoms with E-state index in [9.17, 15) is 9.59 Å². The summed E-state index contributed by atoms with van der Waals surface area (Å²) in [5.41, 5.74) is 5.66. The molecule has 0 aliphatic carbocycles. The number of carbonyl (C=O) groups excluding carboxylic acids is 2. The molecular weight excluding hydrogens is 316 g/mol. The van der Waals surface area contributed by atoms with Crippen LogP contribution in [-0.2, 0) is 9.59 Å². The van der Waals surface area contributed by atoms with Gasteiger partial charge in [-0.15, -0.1) is 11.8 Å². The fourth-order valence-corrected chi connectivity index (χ4v) is 2.68. The van der Waals surface area contributed by atoms with Gasteiger partial charge in [-0.25, -0.2) is 0 Å². The SMILES string of the molecule is Cc1cc(NC(=O)C(C)SCC(=O)NC(CN)CC(C)C)no1. The third kappa shape index (κ3) is 7.51. The molecule has 0 spiro atoms. The lowest BCUT2D eigenvalue weighted by atomic mass is 10.0. The molecule has 1 aromatic rings. The van der Waals surface area contributed by atoms with E-state index in [0.29, 0.717) is 24.0 Å². The lowest BCUT2D eigenvalue weighted by Crippen LogP contribution is -2.42. The van der Waals surface area contributed by atoms with Crippen molar-refractivity contribution in [1.82, 2.24) is 10.5 Å². The molecule has 0 aliphatic heterocycles. The predicted molar refractivity (Wildman–Crippen MR) is 92.2 cm³/mol. The molecule has 1 rings (SSSR count). The molecule has 4 N–H and O–H groups in total. The van der Waals surface area contributed by atoms with Crippen molar-refractivity contribution in [1.29, 1.82) is 0 Å². The molecule has 0 radical (unpaired) electrons. The van der Waals surface area contributed by atoms with Crippen molar-refractivity contribution in [2.24, 2.45) is 11.7 Å². The number of amides is 2. The van der Waals surface area contributed by atoms with Gasteiger partial charge in [0.2, 0.25) is 11.8 Å². The van der Waals surface area contributed by atoms with Gasteiger partial charge >= 0.3 is 0 Å². The third-order valence-electron chi connectivity index (χ3n) is 3.12. The largest absolute Gasteiger partial charge is 0.360 e. The second-order valence-corrected chi connectivity index (χ2v) is 7.22. The Hall–Kier alpha value is -1.54. The minimum atomic E-state index is -0.376. The van der Waals surface area contributed by atoms with E-state index >= 15 is 0 Å². The molecule has 7 nitrogen and oxygen atoms in total. The molecule has 23 heavy (non-hydrogen) atoms. The fraction of sp³-hybridized carbons (Fsp3) is 0.667. The maximum absolute atomic E-state index is 12.0. The summed E-state index contributed by atoms with van der Waals surface area (Å²) >= 11 is 1.27. The Morgan fingerprint density at radius 3 is 2.61 bits per heavy atom. The Bertz CT molecular complexity index is 519. The maximum Gasteiger partial charge on any atom is 0.238 e. The summed E-state index contributed by atoms with van der Waals surface area (Å²) in [6.07, 6.45) is 0.842. The van der Waals surface area contributed by atoms with Gasteiger partial charge in [-0.3, -0.25) is 9.59 Å². The summed E-state index contributed by atoms with van der Waals surface area (Å²) in [7, 11) is 0. The van der Waals surface area contributed by atoms with Gasteiger partial charge in [0.05, 0.1) is 11.0 Å². The number of thioether (sulfide) groups is 1. The first-order chi connectivity index (χ1) is 10.8. The van der Waals surface area contributed by atoms with Gasteiger partial charge in [-0.2, -0.15) is 0 Å². The van der Waals surface area contributed by atoms with Crippen molar-refractivity contribution in [3.05, 3.63) is 11.8 Å². The zero-order chi connectivity index (χ0) is 17.4. The molecule has 130 valence electrons. The van der Waals surface area contributed by atoms with Crippen molar-refractivity contribution in [2.45, 2.75) is 45.4 Å².